The first kappa shape index (κ1) is 27.3. The summed E-state index contributed by atoms with van der Waals surface area (Å²) < 4.78 is 21.6. The highest BCUT2D eigenvalue weighted by molar-refractivity contribution is 5.01. The largest absolute Gasteiger partial charge is 0.393 e. The molecule has 0 amide bonds. The Bertz CT molecular complexity index is 639. The van der Waals surface area contributed by atoms with Gasteiger partial charge in [0.05, 0.1) is 32.0 Å². The molecule has 186 valence electrons. The number of allylic oxidation sites excluding steroid dienone is 1. The maximum Gasteiger partial charge on any atom is 0.187 e. The Labute approximate surface area is 187 Å². The molecule has 0 aliphatic carbocycles. The quantitative estimate of drug-likeness (QED) is 0.167. The molecule has 2 rings (SSSR count). The van der Waals surface area contributed by atoms with Gasteiger partial charge in [0.1, 0.15) is 36.1 Å². The van der Waals surface area contributed by atoms with Gasteiger partial charge in [-0.25, -0.2) is 0 Å². The molecule has 9 atom stereocenters. The first-order valence-electron chi connectivity index (χ1n) is 10.5. The van der Waals surface area contributed by atoms with Gasteiger partial charge in [0.2, 0.25) is 0 Å². The third kappa shape index (κ3) is 6.78. The number of aliphatic hydroxyl groups is 7. The van der Waals surface area contributed by atoms with Gasteiger partial charge < -0.3 is 54.7 Å². The molecule has 32 heavy (non-hydrogen) atoms. The summed E-state index contributed by atoms with van der Waals surface area (Å²) in [5, 5.41) is 69.7. The fourth-order valence-electron chi connectivity index (χ4n) is 3.30. The molecule has 2 heterocycles. The van der Waals surface area contributed by atoms with E-state index in [4.69, 9.17) is 18.9 Å². The van der Waals surface area contributed by atoms with Gasteiger partial charge in [-0.3, -0.25) is 0 Å². The van der Waals surface area contributed by atoms with E-state index in [1.807, 2.05) is 6.08 Å². The van der Waals surface area contributed by atoms with Crippen molar-refractivity contribution in [2.45, 2.75) is 81.0 Å². The molecule has 2 aliphatic heterocycles. The lowest BCUT2D eigenvalue weighted by Gasteiger charge is -2.40. The SMILES string of the molecule is C=C[C@@](C)(O)CC/C=C(\C)CO[C@@H]1O[C@H](CO[C@@H]2OC[C@](O)(CO)[C@H]2O)[C@@H](O)[C@H](O)[C@H]1O. The molecule has 2 fully saturated rings. The van der Waals surface area contributed by atoms with Crippen molar-refractivity contribution in [1.29, 1.82) is 0 Å². The number of aliphatic hydroxyl groups excluding tert-OH is 5. The molecule has 0 saturated carbocycles. The Morgan fingerprint density at radius 3 is 2.44 bits per heavy atom. The van der Waals surface area contributed by atoms with Gasteiger partial charge in [-0.1, -0.05) is 17.7 Å². The minimum Gasteiger partial charge on any atom is -0.393 e. The number of hydrogen-bond donors (Lipinski definition) is 7. The van der Waals surface area contributed by atoms with Crippen molar-refractivity contribution in [3.05, 3.63) is 24.3 Å². The monoisotopic (exact) mass is 464 g/mol. The smallest absolute Gasteiger partial charge is 0.187 e. The van der Waals surface area contributed by atoms with Crippen molar-refractivity contribution in [2.75, 3.05) is 26.4 Å². The third-order valence-corrected chi connectivity index (χ3v) is 5.73. The van der Waals surface area contributed by atoms with E-state index in [0.29, 0.717) is 12.8 Å². The van der Waals surface area contributed by atoms with Crippen LogP contribution in [-0.4, -0.2) is 116 Å². The molecule has 11 nitrogen and oxygen atoms in total. The van der Waals surface area contributed by atoms with Crippen LogP contribution >= 0.6 is 0 Å². The van der Waals surface area contributed by atoms with Crippen LogP contribution in [0.5, 0.6) is 0 Å². The first-order chi connectivity index (χ1) is 14.9. The number of ether oxygens (including phenoxy) is 4. The van der Waals surface area contributed by atoms with Crippen molar-refractivity contribution in [3.8, 4) is 0 Å². The highest BCUT2D eigenvalue weighted by Gasteiger charge is 2.50. The number of hydrogen-bond acceptors (Lipinski definition) is 11. The van der Waals surface area contributed by atoms with Gasteiger partial charge in [-0.15, -0.1) is 6.58 Å². The average molecular weight is 465 g/mol. The summed E-state index contributed by atoms with van der Waals surface area (Å²) in [6.45, 7) is 5.68. The van der Waals surface area contributed by atoms with Crippen molar-refractivity contribution >= 4 is 0 Å². The summed E-state index contributed by atoms with van der Waals surface area (Å²) in [7, 11) is 0. The van der Waals surface area contributed by atoms with E-state index in [0.717, 1.165) is 5.57 Å². The average Bonchev–Trinajstić information content (AvgIpc) is 3.05. The third-order valence-electron chi connectivity index (χ3n) is 5.73. The van der Waals surface area contributed by atoms with Gasteiger partial charge in [0.15, 0.2) is 12.6 Å². The maximum atomic E-state index is 10.2. The van der Waals surface area contributed by atoms with Crippen LogP contribution in [-0.2, 0) is 18.9 Å². The zero-order chi connectivity index (χ0) is 24.1. The van der Waals surface area contributed by atoms with Gasteiger partial charge in [-0.2, -0.15) is 0 Å². The minimum atomic E-state index is -1.86. The topological polar surface area (TPSA) is 179 Å². The number of rotatable bonds is 11. The van der Waals surface area contributed by atoms with Gasteiger partial charge in [-0.05, 0) is 26.7 Å². The fourth-order valence-corrected chi connectivity index (χ4v) is 3.30. The minimum absolute atomic E-state index is 0.0718. The van der Waals surface area contributed by atoms with Crippen LogP contribution in [0.4, 0.5) is 0 Å². The molecular weight excluding hydrogens is 428 g/mol. The van der Waals surface area contributed by atoms with Crippen LogP contribution in [0.25, 0.3) is 0 Å². The predicted molar refractivity (Wildman–Crippen MR) is 110 cm³/mol. The van der Waals surface area contributed by atoms with E-state index in [1.165, 1.54) is 6.08 Å². The lowest BCUT2D eigenvalue weighted by Crippen LogP contribution is -2.59. The Balaban J connectivity index is 1.88. The van der Waals surface area contributed by atoms with Gasteiger partial charge >= 0.3 is 0 Å². The summed E-state index contributed by atoms with van der Waals surface area (Å²) in [6.07, 6.45) is -5.39. The van der Waals surface area contributed by atoms with Crippen molar-refractivity contribution in [1.82, 2.24) is 0 Å². The maximum absolute atomic E-state index is 10.2. The van der Waals surface area contributed by atoms with Crippen LogP contribution in [0.15, 0.2) is 24.3 Å². The Morgan fingerprint density at radius 1 is 1.16 bits per heavy atom. The zero-order valence-electron chi connectivity index (χ0n) is 18.4. The zero-order valence-corrected chi connectivity index (χ0v) is 18.4. The molecule has 0 aromatic heterocycles. The highest BCUT2D eigenvalue weighted by atomic mass is 16.7. The molecule has 0 unspecified atom stereocenters. The fraction of sp³-hybridized carbons (Fsp3) is 0.810. The highest BCUT2D eigenvalue weighted by Crippen LogP contribution is 2.28. The standard InChI is InChI=1S/C21H36O11/c1-4-20(3,27)7-5-6-12(2)8-29-18-16(25)15(24)14(23)13(32-18)9-30-19-17(26)21(28,10-22)11-31-19/h4,6,13-19,22-28H,1,5,7-11H2,2-3H3/b12-6+/t13-,14-,15+,16-,17+,18-,19-,20-,21-/m1/s1. The van der Waals surface area contributed by atoms with E-state index < -0.39 is 60.9 Å². The van der Waals surface area contributed by atoms with Crippen LogP contribution in [0, 0.1) is 0 Å². The molecular formula is C21H36O11. The second kappa shape index (κ2) is 11.4. The van der Waals surface area contributed by atoms with Crippen LogP contribution in [0.2, 0.25) is 0 Å². The predicted octanol–water partition coefficient (Wildman–Crippen LogP) is -2.07. The second-order valence-electron chi connectivity index (χ2n) is 8.70. The van der Waals surface area contributed by atoms with E-state index >= 15 is 0 Å². The van der Waals surface area contributed by atoms with E-state index in [9.17, 15) is 35.7 Å². The van der Waals surface area contributed by atoms with Gasteiger partial charge in [0.25, 0.3) is 0 Å². The Hall–Kier alpha value is -0.960. The summed E-state index contributed by atoms with van der Waals surface area (Å²) in [4.78, 5) is 0. The molecule has 0 radical (unpaired) electrons. The lowest BCUT2D eigenvalue weighted by atomic mass is 9.99. The van der Waals surface area contributed by atoms with Crippen molar-refractivity contribution < 1.29 is 54.7 Å². The van der Waals surface area contributed by atoms with Crippen LogP contribution < -0.4 is 0 Å². The lowest BCUT2D eigenvalue weighted by molar-refractivity contribution is -0.307. The molecule has 2 saturated heterocycles. The summed E-state index contributed by atoms with van der Waals surface area (Å²) >= 11 is 0. The first-order valence-corrected chi connectivity index (χ1v) is 10.5. The molecule has 0 bridgehead atoms. The summed E-state index contributed by atoms with van der Waals surface area (Å²) in [5.41, 5.74) is -2.03. The Kier molecular flexibility index (Phi) is 9.76. The molecule has 0 aromatic carbocycles. The molecule has 0 spiro atoms. The summed E-state index contributed by atoms with van der Waals surface area (Å²) in [6, 6.07) is 0. The van der Waals surface area contributed by atoms with Crippen LogP contribution in [0.3, 0.4) is 0 Å². The van der Waals surface area contributed by atoms with E-state index in [1.54, 1.807) is 13.8 Å². The van der Waals surface area contributed by atoms with Crippen molar-refractivity contribution in [2.24, 2.45) is 0 Å². The Morgan fingerprint density at radius 2 is 1.84 bits per heavy atom. The second-order valence-corrected chi connectivity index (χ2v) is 8.70. The van der Waals surface area contributed by atoms with Crippen molar-refractivity contribution in [3.63, 3.8) is 0 Å². The van der Waals surface area contributed by atoms with E-state index in [2.05, 4.69) is 6.58 Å². The van der Waals surface area contributed by atoms with Crippen LogP contribution in [0.1, 0.15) is 26.7 Å². The molecule has 2 aliphatic rings. The summed E-state index contributed by atoms with van der Waals surface area (Å²) in [5.74, 6) is 0. The molecule has 0 aromatic rings. The molecule has 11 heteroatoms. The van der Waals surface area contributed by atoms with E-state index in [-0.39, 0.29) is 19.8 Å². The normalized spacial score (nSPS) is 40.3. The molecule has 7 N–H and O–H groups in total. The van der Waals surface area contributed by atoms with Gasteiger partial charge in [0, 0.05) is 0 Å².